The van der Waals surface area contributed by atoms with E-state index < -0.39 is 0 Å². The minimum Gasteiger partial charge on any atom is -0.400 e. The molecule has 2 aliphatic carbocycles. The molecule has 1 N–H and O–H groups in total. The van der Waals surface area contributed by atoms with Gasteiger partial charge in [0.05, 0.1) is 0 Å². The van der Waals surface area contributed by atoms with E-state index in [1.807, 2.05) is 0 Å². The lowest BCUT2D eigenvalue weighted by atomic mass is 10.4. The van der Waals surface area contributed by atoms with Gasteiger partial charge in [-0.15, -0.1) is 0 Å². The van der Waals surface area contributed by atoms with Gasteiger partial charge in [-0.2, -0.15) is 0 Å². The van der Waals surface area contributed by atoms with E-state index in [9.17, 15) is 0 Å². The van der Waals surface area contributed by atoms with E-state index in [0.717, 1.165) is 7.11 Å². The first-order chi connectivity index (χ1) is 6.00. The summed E-state index contributed by atoms with van der Waals surface area (Å²) in [6, 6.07) is 0. The van der Waals surface area contributed by atoms with Gasteiger partial charge in [0.2, 0.25) is 0 Å². The summed E-state index contributed by atoms with van der Waals surface area (Å²) in [5.74, 6) is 0. The Kier molecular flexibility index (Phi) is 10.9. The fraction of sp³-hybridized carbons (Fsp3) is 1.00. The molecule has 0 heterocycles. The Balaban J connectivity index is 0.000000168. The molecule has 0 saturated heterocycles. The summed E-state index contributed by atoms with van der Waals surface area (Å²) in [6.07, 6.45) is 15.0. The second-order valence-corrected chi connectivity index (χ2v) is 3.54. The topological polar surface area (TPSA) is 20.2 Å². The fourth-order valence-electron chi connectivity index (χ4n) is 1.77. The Bertz CT molecular complexity index is 38.2. The van der Waals surface area contributed by atoms with E-state index in [1.165, 1.54) is 64.2 Å². The molecule has 0 amide bonds. The predicted molar refractivity (Wildman–Crippen MR) is 54.3 cm³/mol. The van der Waals surface area contributed by atoms with Crippen LogP contribution >= 0.6 is 0 Å². The van der Waals surface area contributed by atoms with E-state index in [-0.39, 0.29) is 0 Å². The summed E-state index contributed by atoms with van der Waals surface area (Å²) in [5, 5.41) is 7.00. The Morgan fingerprint density at radius 1 is 0.417 bits per heavy atom. The van der Waals surface area contributed by atoms with Crippen LogP contribution in [0.1, 0.15) is 64.2 Å². The lowest BCUT2D eigenvalue weighted by Crippen LogP contribution is -1.47. The molecule has 1 nitrogen and oxygen atoms in total. The Morgan fingerprint density at radius 3 is 0.583 bits per heavy atom. The van der Waals surface area contributed by atoms with Crippen LogP contribution in [0.4, 0.5) is 0 Å². The van der Waals surface area contributed by atoms with Crippen molar-refractivity contribution in [2.24, 2.45) is 0 Å². The summed E-state index contributed by atoms with van der Waals surface area (Å²) in [7, 11) is 1.00. The zero-order valence-corrected chi connectivity index (χ0v) is 8.52. The third-order valence-electron chi connectivity index (χ3n) is 2.50. The molecule has 0 bridgehead atoms. The third kappa shape index (κ3) is 8.06. The van der Waals surface area contributed by atoms with Gasteiger partial charge in [-0.25, -0.2) is 0 Å². The van der Waals surface area contributed by atoms with Crippen molar-refractivity contribution in [1.82, 2.24) is 0 Å². The van der Waals surface area contributed by atoms with Crippen LogP contribution in [0.15, 0.2) is 0 Å². The molecule has 1 heteroatoms. The lowest BCUT2D eigenvalue weighted by molar-refractivity contribution is 0.399. The standard InChI is InChI=1S/2C5H10.CH4O/c2*1-2-4-5-3-1;1-2/h2*1-5H2;2H,1H3. The molecule has 2 aliphatic rings. The Morgan fingerprint density at radius 2 is 0.500 bits per heavy atom. The highest BCUT2D eigenvalue weighted by molar-refractivity contribution is 4.51. The van der Waals surface area contributed by atoms with Gasteiger partial charge in [0, 0.05) is 7.11 Å². The van der Waals surface area contributed by atoms with Crippen molar-refractivity contribution in [3.8, 4) is 0 Å². The van der Waals surface area contributed by atoms with Crippen LogP contribution in [0.5, 0.6) is 0 Å². The largest absolute Gasteiger partial charge is 0.400 e. The van der Waals surface area contributed by atoms with Crippen LogP contribution in [-0.4, -0.2) is 12.2 Å². The summed E-state index contributed by atoms with van der Waals surface area (Å²) in [6.45, 7) is 0. The molecule has 0 aliphatic heterocycles. The predicted octanol–water partition coefficient (Wildman–Crippen LogP) is 3.51. The number of rotatable bonds is 0. The highest BCUT2D eigenvalue weighted by Crippen LogP contribution is 2.15. The maximum Gasteiger partial charge on any atom is 0.0319 e. The van der Waals surface area contributed by atoms with Gasteiger partial charge in [0.25, 0.3) is 0 Å². The molecule has 0 spiro atoms. The van der Waals surface area contributed by atoms with Gasteiger partial charge in [-0.3, -0.25) is 0 Å². The van der Waals surface area contributed by atoms with Crippen LogP contribution in [0.2, 0.25) is 0 Å². The molecule has 0 aromatic rings. The third-order valence-corrected chi connectivity index (χ3v) is 2.50. The zero-order chi connectivity index (χ0) is 9.07. The molecule has 0 aromatic carbocycles. The SMILES string of the molecule is C1CCCC1.C1CCCC1.CO. The highest BCUT2D eigenvalue weighted by Gasteiger charge is 1.95. The van der Waals surface area contributed by atoms with Crippen LogP contribution in [0.25, 0.3) is 0 Å². The first kappa shape index (κ1) is 12.0. The van der Waals surface area contributed by atoms with Crippen molar-refractivity contribution in [1.29, 1.82) is 0 Å². The summed E-state index contributed by atoms with van der Waals surface area (Å²) >= 11 is 0. The average Bonchev–Trinajstić information content (AvgIpc) is 2.87. The maximum absolute atomic E-state index is 7.00. The summed E-state index contributed by atoms with van der Waals surface area (Å²) < 4.78 is 0. The van der Waals surface area contributed by atoms with E-state index in [1.54, 1.807) is 0 Å². The molecule has 74 valence electrons. The number of aliphatic hydroxyl groups excluding tert-OH is 1. The Labute approximate surface area is 77.2 Å². The number of hydrogen-bond acceptors (Lipinski definition) is 1. The monoisotopic (exact) mass is 172 g/mol. The van der Waals surface area contributed by atoms with E-state index in [2.05, 4.69) is 0 Å². The van der Waals surface area contributed by atoms with Crippen molar-refractivity contribution >= 4 is 0 Å². The first-order valence-electron chi connectivity index (χ1n) is 5.45. The normalized spacial score (nSPS) is 20.5. The molecule has 2 saturated carbocycles. The first-order valence-corrected chi connectivity index (χ1v) is 5.45. The van der Waals surface area contributed by atoms with E-state index >= 15 is 0 Å². The molecule has 0 unspecified atom stereocenters. The van der Waals surface area contributed by atoms with Gasteiger partial charge >= 0.3 is 0 Å². The average molecular weight is 172 g/mol. The molecule has 0 radical (unpaired) electrons. The molecular formula is C11H24O. The van der Waals surface area contributed by atoms with Crippen LogP contribution in [0.3, 0.4) is 0 Å². The highest BCUT2D eigenvalue weighted by atomic mass is 16.2. The van der Waals surface area contributed by atoms with Crippen molar-refractivity contribution < 1.29 is 5.11 Å². The van der Waals surface area contributed by atoms with Gasteiger partial charge in [0.15, 0.2) is 0 Å². The second kappa shape index (κ2) is 11.0. The van der Waals surface area contributed by atoms with Gasteiger partial charge in [-0.1, -0.05) is 64.2 Å². The minimum absolute atomic E-state index is 1.00. The van der Waals surface area contributed by atoms with Gasteiger partial charge in [-0.05, 0) is 0 Å². The van der Waals surface area contributed by atoms with Gasteiger partial charge in [0.1, 0.15) is 0 Å². The molecule has 0 aromatic heterocycles. The molecule has 12 heavy (non-hydrogen) atoms. The van der Waals surface area contributed by atoms with E-state index in [0.29, 0.717) is 0 Å². The lowest BCUT2D eigenvalue weighted by Gasteiger charge is -1.67. The minimum atomic E-state index is 1.00. The van der Waals surface area contributed by atoms with Crippen LogP contribution in [0, 0.1) is 0 Å². The van der Waals surface area contributed by atoms with Crippen molar-refractivity contribution in [3.63, 3.8) is 0 Å². The number of hydrogen-bond donors (Lipinski definition) is 1. The Hall–Kier alpha value is -0.0400. The van der Waals surface area contributed by atoms with E-state index in [4.69, 9.17) is 5.11 Å². The second-order valence-electron chi connectivity index (χ2n) is 3.54. The van der Waals surface area contributed by atoms with Crippen LogP contribution < -0.4 is 0 Å². The fourth-order valence-corrected chi connectivity index (χ4v) is 1.77. The molecular weight excluding hydrogens is 148 g/mol. The maximum atomic E-state index is 7.00. The van der Waals surface area contributed by atoms with Crippen molar-refractivity contribution in [2.75, 3.05) is 7.11 Å². The quantitative estimate of drug-likeness (QED) is 0.593. The van der Waals surface area contributed by atoms with Crippen LogP contribution in [-0.2, 0) is 0 Å². The van der Waals surface area contributed by atoms with Crippen molar-refractivity contribution in [2.45, 2.75) is 64.2 Å². The van der Waals surface area contributed by atoms with Crippen molar-refractivity contribution in [3.05, 3.63) is 0 Å². The zero-order valence-electron chi connectivity index (χ0n) is 8.52. The number of aliphatic hydroxyl groups is 1. The van der Waals surface area contributed by atoms with Gasteiger partial charge < -0.3 is 5.11 Å². The smallest absolute Gasteiger partial charge is 0.0319 e. The summed E-state index contributed by atoms with van der Waals surface area (Å²) in [4.78, 5) is 0. The summed E-state index contributed by atoms with van der Waals surface area (Å²) in [5.41, 5.74) is 0. The molecule has 2 rings (SSSR count). The molecule has 2 fully saturated rings. The molecule has 0 atom stereocenters.